The summed E-state index contributed by atoms with van der Waals surface area (Å²) in [5.74, 6) is -3.67. The Kier molecular flexibility index (Phi) is 7.03. The van der Waals surface area contributed by atoms with Crippen LogP contribution < -0.4 is 9.77 Å². The number of imide groups is 1. The van der Waals surface area contributed by atoms with E-state index in [-0.39, 0.29) is 18.8 Å². The average molecular weight is 627 g/mol. The minimum atomic E-state index is -4.66. The van der Waals surface area contributed by atoms with Gasteiger partial charge in [0.1, 0.15) is 11.8 Å². The van der Waals surface area contributed by atoms with Crippen LogP contribution in [0.3, 0.4) is 0 Å². The van der Waals surface area contributed by atoms with Crippen LogP contribution in [0.4, 0.5) is 18.9 Å². The van der Waals surface area contributed by atoms with Gasteiger partial charge in [0, 0.05) is 15.3 Å². The number of fused-ring (bicyclic) bond motifs is 2. The molecule has 13 heteroatoms. The van der Waals surface area contributed by atoms with Crippen LogP contribution in [0.15, 0.2) is 62.8 Å². The molecule has 3 aromatic rings. The van der Waals surface area contributed by atoms with Crippen molar-refractivity contribution in [2.75, 3.05) is 11.5 Å². The van der Waals surface area contributed by atoms with Crippen molar-refractivity contribution in [3.63, 3.8) is 0 Å². The molecule has 2 amide bonds. The highest BCUT2D eigenvalue weighted by atomic mass is 79.9. The van der Waals surface area contributed by atoms with Crippen molar-refractivity contribution in [2.24, 2.45) is 5.92 Å². The highest BCUT2D eigenvalue weighted by Gasteiger charge is 2.57. The highest BCUT2D eigenvalue weighted by molar-refractivity contribution is 9.10. The van der Waals surface area contributed by atoms with E-state index in [0.717, 1.165) is 46.2 Å². The van der Waals surface area contributed by atoms with Crippen molar-refractivity contribution in [2.45, 2.75) is 35.8 Å². The minimum Gasteiger partial charge on any atom is -0.465 e. The van der Waals surface area contributed by atoms with Gasteiger partial charge >= 0.3 is 17.0 Å². The number of hydrogen-bond acceptors (Lipinski definition) is 7. The zero-order valence-corrected chi connectivity index (χ0v) is 22.7. The lowest BCUT2D eigenvalue weighted by molar-refractivity contribution is -0.144. The Morgan fingerprint density at radius 2 is 1.82 bits per heavy atom. The van der Waals surface area contributed by atoms with Crippen LogP contribution in [0.2, 0.25) is 0 Å². The van der Waals surface area contributed by atoms with E-state index >= 15 is 0 Å². The third kappa shape index (κ3) is 4.60. The number of alkyl halides is 3. The predicted octanol–water partition coefficient (Wildman–Crippen LogP) is 5.05. The molecule has 0 spiro atoms. The van der Waals surface area contributed by atoms with E-state index in [4.69, 9.17) is 4.74 Å². The van der Waals surface area contributed by atoms with Crippen LogP contribution in [0, 0.1) is 5.92 Å². The Hall–Kier alpha value is -2.90. The number of rotatable bonds is 5. The molecule has 0 radical (unpaired) electrons. The molecule has 3 atom stereocenters. The number of thioether (sulfide) groups is 1. The predicted molar refractivity (Wildman–Crippen MR) is 138 cm³/mol. The van der Waals surface area contributed by atoms with E-state index in [1.807, 2.05) is 0 Å². The molecule has 2 aromatic carbocycles. The third-order valence-electron chi connectivity index (χ3n) is 6.28. The van der Waals surface area contributed by atoms with Gasteiger partial charge in [0.2, 0.25) is 11.8 Å². The molecule has 0 unspecified atom stereocenters. The second-order valence-corrected chi connectivity index (χ2v) is 11.6. The molecule has 1 saturated heterocycles. The van der Waals surface area contributed by atoms with Crippen molar-refractivity contribution in [3.05, 3.63) is 78.7 Å². The Morgan fingerprint density at radius 3 is 2.50 bits per heavy atom. The molecule has 0 saturated carbocycles. The van der Waals surface area contributed by atoms with Gasteiger partial charge in [-0.2, -0.15) is 13.2 Å². The smallest absolute Gasteiger partial charge is 0.416 e. The van der Waals surface area contributed by atoms with E-state index < -0.39 is 51.5 Å². The number of carbonyl (C=O) groups is 3. The summed E-state index contributed by atoms with van der Waals surface area (Å²) < 4.78 is 47.1. The summed E-state index contributed by atoms with van der Waals surface area (Å²) in [6, 6.07) is 11.1. The molecular formula is C25H18BrF3N2O5S2. The van der Waals surface area contributed by atoms with Gasteiger partial charge in [0.05, 0.1) is 28.8 Å². The fourth-order valence-corrected chi connectivity index (χ4v) is 7.92. The van der Waals surface area contributed by atoms with Gasteiger partial charge in [0.25, 0.3) is 0 Å². The van der Waals surface area contributed by atoms with Crippen LogP contribution >= 0.6 is 39.0 Å². The summed E-state index contributed by atoms with van der Waals surface area (Å²) in [6.07, 6.45) is -4.66. The topological polar surface area (TPSA) is 85.7 Å². The second-order valence-electron chi connectivity index (χ2n) is 8.59. The van der Waals surface area contributed by atoms with E-state index in [1.54, 1.807) is 31.2 Å². The Balaban J connectivity index is 1.64. The molecule has 5 rings (SSSR count). The van der Waals surface area contributed by atoms with Gasteiger partial charge in [-0.15, -0.1) is 0 Å². The third-order valence-corrected chi connectivity index (χ3v) is 9.38. The second kappa shape index (κ2) is 10.0. The fourth-order valence-electron chi connectivity index (χ4n) is 4.73. The molecule has 2 aliphatic heterocycles. The molecule has 7 nitrogen and oxygen atoms in total. The molecule has 3 heterocycles. The Labute approximate surface area is 230 Å². The summed E-state index contributed by atoms with van der Waals surface area (Å²) in [5, 5.41) is -0.651. The van der Waals surface area contributed by atoms with Gasteiger partial charge in [-0.1, -0.05) is 57.2 Å². The van der Waals surface area contributed by atoms with Crippen LogP contribution in [-0.4, -0.2) is 34.2 Å². The lowest BCUT2D eigenvalue weighted by Gasteiger charge is -2.30. The van der Waals surface area contributed by atoms with E-state index in [1.165, 1.54) is 10.6 Å². The van der Waals surface area contributed by atoms with Crippen molar-refractivity contribution in [1.82, 2.24) is 4.57 Å². The Morgan fingerprint density at radius 1 is 1.08 bits per heavy atom. The van der Waals surface area contributed by atoms with Crippen LogP contribution in [0.25, 0.3) is 0 Å². The minimum absolute atomic E-state index is 0.122. The lowest BCUT2D eigenvalue weighted by atomic mass is 9.83. The first-order chi connectivity index (χ1) is 18.0. The first kappa shape index (κ1) is 26.7. The van der Waals surface area contributed by atoms with Crippen molar-refractivity contribution in [3.8, 4) is 0 Å². The van der Waals surface area contributed by atoms with Gasteiger partial charge in [-0.3, -0.25) is 23.7 Å². The molecule has 0 N–H and O–H groups in total. The molecule has 0 bridgehead atoms. The standard InChI is InChI=1S/C25H18BrF3N2O5S2/c1-2-36-16(32)11-30-23-20(38-24(30)35)17(12-5-3-7-14(26)9-12)18-19(37-23)22(34)31(21(18)33)15-8-4-6-13(10-15)25(27,28)29/h3-10,17-19H,2,11H2,1H3/t17-,18-,19+/m0/s1. The maximum atomic E-state index is 13.8. The van der Waals surface area contributed by atoms with Crippen molar-refractivity contribution >= 4 is 62.5 Å². The number of hydrogen-bond donors (Lipinski definition) is 0. The van der Waals surface area contributed by atoms with Crippen LogP contribution in [0.1, 0.15) is 28.8 Å². The molecule has 38 heavy (non-hydrogen) atoms. The number of ether oxygens (including phenoxy) is 1. The molecule has 2 aliphatic rings. The number of benzene rings is 2. The van der Waals surface area contributed by atoms with Crippen LogP contribution in [-0.2, 0) is 31.8 Å². The molecular weight excluding hydrogens is 609 g/mol. The van der Waals surface area contributed by atoms with E-state index in [9.17, 15) is 32.3 Å². The number of thiazole rings is 1. The fraction of sp³-hybridized carbons (Fsp3) is 0.280. The highest BCUT2D eigenvalue weighted by Crippen LogP contribution is 2.54. The zero-order valence-electron chi connectivity index (χ0n) is 19.5. The first-order valence-corrected chi connectivity index (χ1v) is 13.9. The zero-order chi connectivity index (χ0) is 27.4. The molecule has 0 aliphatic carbocycles. The van der Waals surface area contributed by atoms with Gasteiger partial charge in [0.15, 0.2) is 0 Å². The maximum absolute atomic E-state index is 13.8. The van der Waals surface area contributed by atoms with Crippen molar-refractivity contribution in [1.29, 1.82) is 0 Å². The number of nitrogens with zero attached hydrogens (tertiary/aromatic N) is 2. The maximum Gasteiger partial charge on any atom is 0.416 e. The summed E-state index contributed by atoms with van der Waals surface area (Å²) in [4.78, 5) is 53.5. The van der Waals surface area contributed by atoms with E-state index in [2.05, 4.69) is 15.9 Å². The number of anilines is 1. The normalized spacial score (nSPS) is 20.9. The summed E-state index contributed by atoms with van der Waals surface area (Å²) in [5.41, 5.74) is -0.512. The van der Waals surface area contributed by atoms with Gasteiger partial charge in [-0.05, 0) is 42.8 Å². The largest absolute Gasteiger partial charge is 0.465 e. The Bertz CT molecular complexity index is 1520. The first-order valence-electron chi connectivity index (χ1n) is 11.4. The van der Waals surface area contributed by atoms with E-state index in [0.29, 0.717) is 19.9 Å². The van der Waals surface area contributed by atoms with Gasteiger partial charge in [-0.25, -0.2) is 4.90 Å². The molecule has 1 aromatic heterocycles. The summed E-state index contributed by atoms with van der Waals surface area (Å²) >= 11 is 5.27. The summed E-state index contributed by atoms with van der Waals surface area (Å²) in [6.45, 7) is 1.39. The van der Waals surface area contributed by atoms with Crippen LogP contribution in [0.5, 0.6) is 0 Å². The van der Waals surface area contributed by atoms with Gasteiger partial charge < -0.3 is 4.74 Å². The number of amides is 2. The number of carbonyl (C=O) groups excluding carboxylic acids is 3. The SMILES string of the molecule is CCOC(=O)Cn1c2c(sc1=O)[C@@H](c1cccc(Br)c1)[C@@H]1C(=O)N(c3cccc(C(F)(F)F)c3)C(=O)[C@@H]1S2. The number of aromatic nitrogens is 1. The number of esters is 1. The summed E-state index contributed by atoms with van der Waals surface area (Å²) in [7, 11) is 0. The monoisotopic (exact) mass is 626 g/mol. The average Bonchev–Trinajstić information content (AvgIpc) is 3.30. The van der Waals surface area contributed by atoms with Crippen molar-refractivity contribution < 1.29 is 32.3 Å². The molecule has 1 fully saturated rings. The number of halogens is 4. The quantitative estimate of drug-likeness (QED) is 0.291. The lowest BCUT2D eigenvalue weighted by Crippen LogP contribution is -2.32. The molecule has 198 valence electrons.